The number of hydrogen-bond donors (Lipinski definition) is 1. The van der Waals surface area contributed by atoms with Gasteiger partial charge >= 0.3 is 6.03 Å². The van der Waals surface area contributed by atoms with Gasteiger partial charge in [-0.15, -0.1) is 11.3 Å². The third kappa shape index (κ3) is 3.81. The topological polar surface area (TPSA) is 69.7 Å². The summed E-state index contributed by atoms with van der Waals surface area (Å²) in [7, 11) is 0. The monoisotopic (exact) mass is 433 g/mol. The highest BCUT2D eigenvalue weighted by Gasteiger charge is 2.52. The van der Waals surface area contributed by atoms with Gasteiger partial charge in [0.05, 0.1) is 12.2 Å². The molecular formula is C21H21F2N3O3S. The number of imide groups is 1. The van der Waals surface area contributed by atoms with E-state index >= 15 is 0 Å². The number of nitrogens with zero attached hydrogens (tertiary/aromatic N) is 2. The first kappa shape index (κ1) is 20.5. The molecule has 1 spiro atoms. The van der Waals surface area contributed by atoms with Gasteiger partial charge in [0.1, 0.15) is 17.2 Å². The van der Waals surface area contributed by atoms with E-state index in [9.17, 15) is 23.2 Å². The lowest BCUT2D eigenvalue weighted by Gasteiger charge is -2.24. The van der Waals surface area contributed by atoms with Crippen LogP contribution in [0.2, 0.25) is 0 Å². The van der Waals surface area contributed by atoms with E-state index in [-0.39, 0.29) is 31.1 Å². The van der Waals surface area contributed by atoms with E-state index in [1.54, 1.807) is 0 Å². The Kier molecular flexibility index (Phi) is 5.55. The predicted molar refractivity (Wildman–Crippen MR) is 108 cm³/mol. The van der Waals surface area contributed by atoms with Crippen molar-refractivity contribution >= 4 is 34.9 Å². The lowest BCUT2D eigenvalue weighted by molar-refractivity contribution is -0.131. The molecule has 2 aliphatic rings. The van der Waals surface area contributed by atoms with Gasteiger partial charge in [-0.1, -0.05) is 18.9 Å². The average Bonchev–Trinajstić information content (AvgIpc) is 3.43. The third-order valence-corrected chi connectivity index (χ3v) is 6.51. The number of urea groups is 1. The maximum atomic E-state index is 14.4. The highest BCUT2D eigenvalue weighted by atomic mass is 32.1. The number of hydrogen-bond acceptors (Lipinski definition) is 4. The first-order chi connectivity index (χ1) is 14.4. The maximum absolute atomic E-state index is 14.4. The summed E-state index contributed by atoms with van der Waals surface area (Å²) < 4.78 is 27.7. The van der Waals surface area contributed by atoms with Crippen molar-refractivity contribution in [1.29, 1.82) is 0 Å². The van der Waals surface area contributed by atoms with E-state index in [0.29, 0.717) is 12.8 Å². The largest absolute Gasteiger partial charge is 0.325 e. The molecule has 1 aromatic carbocycles. The van der Waals surface area contributed by atoms with Crippen LogP contribution in [-0.4, -0.2) is 34.8 Å². The molecule has 9 heteroatoms. The van der Waals surface area contributed by atoms with Crippen LogP contribution in [0, 0.1) is 11.6 Å². The average molecular weight is 433 g/mol. The molecule has 1 saturated heterocycles. The Morgan fingerprint density at radius 3 is 2.63 bits per heavy atom. The first-order valence-electron chi connectivity index (χ1n) is 9.81. The lowest BCUT2D eigenvalue weighted by Crippen LogP contribution is -2.44. The third-order valence-electron chi connectivity index (χ3n) is 5.65. The molecule has 6 nitrogen and oxygen atoms in total. The standard InChI is InChI=1S/C21H21F2N3O3S/c22-14-5-6-17(16(23)12-14)26(13-15-4-3-11-30-15)18(27)7-10-25-19(28)21(24-20(25)29)8-1-2-9-21/h3-6,11-12H,1-2,7-10,13H2,(H,24,29). The number of nitrogens with one attached hydrogen (secondary N) is 1. The molecule has 0 radical (unpaired) electrons. The molecule has 1 saturated carbocycles. The second-order valence-corrected chi connectivity index (χ2v) is 8.61. The summed E-state index contributed by atoms with van der Waals surface area (Å²) in [5, 5.41) is 4.62. The van der Waals surface area contributed by atoms with Gasteiger partial charge in [0.2, 0.25) is 5.91 Å². The lowest BCUT2D eigenvalue weighted by atomic mass is 9.98. The molecule has 1 aliphatic carbocycles. The van der Waals surface area contributed by atoms with E-state index in [4.69, 9.17) is 0 Å². The normalized spacial score (nSPS) is 17.6. The number of rotatable bonds is 6. The van der Waals surface area contributed by atoms with Crippen LogP contribution in [0.15, 0.2) is 35.7 Å². The van der Waals surface area contributed by atoms with Gasteiger partial charge in [0.25, 0.3) is 5.91 Å². The Hall–Kier alpha value is -2.81. The van der Waals surface area contributed by atoms with Crippen molar-refractivity contribution in [1.82, 2.24) is 10.2 Å². The number of halogens is 2. The van der Waals surface area contributed by atoms with Crippen LogP contribution in [0.4, 0.5) is 19.3 Å². The summed E-state index contributed by atoms with van der Waals surface area (Å²) in [5.74, 6) is -2.33. The van der Waals surface area contributed by atoms with Crippen molar-refractivity contribution in [2.24, 2.45) is 0 Å². The van der Waals surface area contributed by atoms with Gasteiger partial charge in [-0.25, -0.2) is 13.6 Å². The highest BCUT2D eigenvalue weighted by Crippen LogP contribution is 2.35. The van der Waals surface area contributed by atoms with Gasteiger partial charge < -0.3 is 10.2 Å². The summed E-state index contributed by atoms with van der Waals surface area (Å²) in [6, 6.07) is 6.18. The molecule has 4 rings (SSSR count). The zero-order valence-electron chi connectivity index (χ0n) is 16.2. The molecule has 0 atom stereocenters. The Balaban J connectivity index is 1.50. The van der Waals surface area contributed by atoms with Crippen LogP contribution in [0.3, 0.4) is 0 Å². The minimum absolute atomic E-state index is 0.0423. The number of carbonyl (C=O) groups is 3. The van der Waals surface area contributed by atoms with Crippen molar-refractivity contribution in [3.8, 4) is 0 Å². The first-order valence-corrected chi connectivity index (χ1v) is 10.7. The minimum atomic E-state index is -0.847. The van der Waals surface area contributed by atoms with Gasteiger partial charge in [-0.05, 0) is 36.4 Å². The van der Waals surface area contributed by atoms with Crippen LogP contribution < -0.4 is 10.2 Å². The number of carbonyl (C=O) groups excluding carboxylic acids is 3. The molecule has 1 aromatic heterocycles. The quantitative estimate of drug-likeness (QED) is 0.705. The van der Waals surface area contributed by atoms with Crippen molar-refractivity contribution in [3.05, 3.63) is 52.2 Å². The molecule has 1 aliphatic heterocycles. The zero-order valence-corrected chi connectivity index (χ0v) is 17.0. The summed E-state index contributed by atoms with van der Waals surface area (Å²) in [5.41, 5.74) is -0.876. The fraction of sp³-hybridized carbons (Fsp3) is 0.381. The Labute approximate surface area is 176 Å². The summed E-state index contributed by atoms with van der Waals surface area (Å²) >= 11 is 1.41. The van der Waals surface area contributed by atoms with Gasteiger partial charge in [-0.3, -0.25) is 14.5 Å². The number of benzene rings is 1. The van der Waals surface area contributed by atoms with Gasteiger partial charge in [0, 0.05) is 23.9 Å². The van der Waals surface area contributed by atoms with Crippen molar-refractivity contribution in [3.63, 3.8) is 0 Å². The van der Waals surface area contributed by atoms with Crippen molar-refractivity contribution in [2.75, 3.05) is 11.4 Å². The van der Waals surface area contributed by atoms with E-state index in [2.05, 4.69) is 5.32 Å². The van der Waals surface area contributed by atoms with Crippen LogP contribution in [0.5, 0.6) is 0 Å². The molecule has 30 heavy (non-hydrogen) atoms. The summed E-state index contributed by atoms with van der Waals surface area (Å²) in [6.45, 7) is 0.0259. The molecule has 158 valence electrons. The Bertz CT molecular complexity index is 974. The smallest absolute Gasteiger partial charge is 0.323 e. The number of anilines is 1. The molecule has 2 fully saturated rings. The highest BCUT2D eigenvalue weighted by molar-refractivity contribution is 7.09. The van der Waals surface area contributed by atoms with Crippen LogP contribution in [0.1, 0.15) is 37.0 Å². The van der Waals surface area contributed by atoms with Crippen molar-refractivity contribution in [2.45, 2.75) is 44.2 Å². The van der Waals surface area contributed by atoms with E-state index in [1.165, 1.54) is 22.3 Å². The molecule has 0 bridgehead atoms. The predicted octanol–water partition coefficient (Wildman–Crippen LogP) is 3.81. The van der Waals surface area contributed by atoms with Crippen molar-refractivity contribution < 1.29 is 23.2 Å². The Morgan fingerprint density at radius 1 is 1.20 bits per heavy atom. The van der Waals surface area contributed by atoms with Crippen LogP contribution >= 0.6 is 11.3 Å². The molecular weight excluding hydrogens is 412 g/mol. The van der Waals surface area contributed by atoms with E-state index in [0.717, 1.165) is 34.8 Å². The SMILES string of the molecule is O=C1NC2(CCCC2)C(=O)N1CCC(=O)N(Cc1cccs1)c1ccc(F)cc1F. The molecule has 0 unspecified atom stereocenters. The summed E-state index contributed by atoms with van der Waals surface area (Å²) in [4.78, 5) is 41.2. The van der Waals surface area contributed by atoms with Crippen LogP contribution in [0.25, 0.3) is 0 Å². The maximum Gasteiger partial charge on any atom is 0.325 e. The number of amides is 4. The molecule has 2 heterocycles. The second kappa shape index (κ2) is 8.14. The Morgan fingerprint density at radius 2 is 1.97 bits per heavy atom. The fourth-order valence-electron chi connectivity index (χ4n) is 4.11. The van der Waals surface area contributed by atoms with E-state index < -0.39 is 29.1 Å². The fourth-order valence-corrected chi connectivity index (χ4v) is 4.80. The van der Waals surface area contributed by atoms with Gasteiger partial charge in [0.15, 0.2) is 0 Å². The number of thiophene rings is 1. The second-order valence-electron chi connectivity index (χ2n) is 7.58. The van der Waals surface area contributed by atoms with E-state index in [1.807, 2.05) is 17.5 Å². The minimum Gasteiger partial charge on any atom is -0.323 e. The van der Waals surface area contributed by atoms with Gasteiger partial charge in [-0.2, -0.15) is 0 Å². The summed E-state index contributed by atoms with van der Waals surface area (Å²) in [6.07, 6.45) is 2.80. The molecule has 2 aromatic rings. The molecule has 4 amide bonds. The zero-order chi connectivity index (χ0) is 21.3. The molecule has 1 N–H and O–H groups in total. The van der Waals surface area contributed by atoms with Crippen LogP contribution in [-0.2, 0) is 16.1 Å².